The van der Waals surface area contributed by atoms with Crippen molar-refractivity contribution in [2.75, 3.05) is 13.7 Å². The number of nitrogens with zero attached hydrogens (tertiary/aromatic N) is 2. The Morgan fingerprint density at radius 2 is 1.68 bits per heavy atom. The number of hydrazine groups is 1. The molecule has 0 bridgehead atoms. The molecule has 0 radical (unpaired) electrons. The number of hydrogen-bond donors (Lipinski definition) is 2. The summed E-state index contributed by atoms with van der Waals surface area (Å²) in [6.07, 6.45) is 0.286. The SMILES string of the molecule is CCOc1ccc(OC(C)C(=O)NNC(=O)CCCc2nc(-c3ccc(OC)cc3)no2)cc1. The van der Waals surface area contributed by atoms with Crippen LogP contribution in [0.25, 0.3) is 11.4 Å². The molecule has 0 aliphatic carbocycles. The van der Waals surface area contributed by atoms with Gasteiger partial charge in [0, 0.05) is 18.4 Å². The molecular formula is C24H28N4O6. The molecule has 10 nitrogen and oxygen atoms in total. The van der Waals surface area contributed by atoms with E-state index < -0.39 is 12.0 Å². The van der Waals surface area contributed by atoms with E-state index in [9.17, 15) is 9.59 Å². The van der Waals surface area contributed by atoms with Gasteiger partial charge in [0.05, 0.1) is 13.7 Å². The number of benzene rings is 2. The first-order chi connectivity index (χ1) is 16.5. The highest BCUT2D eigenvalue weighted by Crippen LogP contribution is 2.20. The van der Waals surface area contributed by atoms with Crippen LogP contribution >= 0.6 is 0 Å². The number of carbonyl (C=O) groups excluding carboxylic acids is 2. The molecule has 34 heavy (non-hydrogen) atoms. The first-order valence-corrected chi connectivity index (χ1v) is 10.9. The Labute approximate surface area is 197 Å². The summed E-state index contributed by atoms with van der Waals surface area (Å²) in [4.78, 5) is 28.6. The van der Waals surface area contributed by atoms with Crippen molar-refractivity contribution in [3.05, 3.63) is 54.4 Å². The van der Waals surface area contributed by atoms with Crippen molar-refractivity contribution in [3.8, 4) is 28.6 Å². The zero-order chi connectivity index (χ0) is 24.3. The van der Waals surface area contributed by atoms with Gasteiger partial charge in [-0.15, -0.1) is 0 Å². The van der Waals surface area contributed by atoms with Gasteiger partial charge in [0.2, 0.25) is 17.6 Å². The smallest absolute Gasteiger partial charge is 0.279 e. The van der Waals surface area contributed by atoms with Crippen molar-refractivity contribution in [1.82, 2.24) is 21.0 Å². The average Bonchev–Trinajstić information content (AvgIpc) is 3.33. The third-order valence-corrected chi connectivity index (χ3v) is 4.75. The minimum atomic E-state index is -0.798. The number of amides is 2. The molecule has 3 aromatic rings. The molecule has 2 aromatic carbocycles. The fourth-order valence-electron chi connectivity index (χ4n) is 2.95. The zero-order valence-corrected chi connectivity index (χ0v) is 19.4. The Morgan fingerprint density at radius 3 is 2.35 bits per heavy atom. The van der Waals surface area contributed by atoms with Gasteiger partial charge in [0.25, 0.3) is 5.91 Å². The Bertz CT molecular complexity index is 1070. The summed E-state index contributed by atoms with van der Waals surface area (Å²) in [6.45, 7) is 4.06. The van der Waals surface area contributed by atoms with Crippen molar-refractivity contribution >= 4 is 11.8 Å². The predicted octanol–water partition coefficient (Wildman–Crippen LogP) is 3.08. The molecule has 0 saturated carbocycles. The minimum absolute atomic E-state index is 0.175. The summed E-state index contributed by atoms with van der Waals surface area (Å²) < 4.78 is 21.3. The normalized spacial score (nSPS) is 11.4. The van der Waals surface area contributed by atoms with Gasteiger partial charge in [0.15, 0.2) is 6.10 Å². The van der Waals surface area contributed by atoms with Gasteiger partial charge in [-0.2, -0.15) is 4.98 Å². The van der Waals surface area contributed by atoms with Crippen molar-refractivity contribution in [2.45, 2.75) is 39.2 Å². The molecule has 10 heteroatoms. The highest BCUT2D eigenvalue weighted by molar-refractivity contribution is 5.84. The van der Waals surface area contributed by atoms with E-state index in [1.54, 1.807) is 38.3 Å². The number of aromatic nitrogens is 2. The fraction of sp³-hybridized carbons (Fsp3) is 0.333. The van der Waals surface area contributed by atoms with Gasteiger partial charge < -0.3 is 18.7 Å². The fourth-order valence-corrected chi connectivity index (χ4v) is 2.95. The Balaban J connectivity index is 1.36. The van der Waals surface area contributed by atoms with Crippen molar-refractivity contribution < 1.29 is 28.3 Å². The van der Waals surface area contributed by atoms with E-state index in [1.165, 1.54) is 0 Å². The van der Waals surface area contributed by atoms with Crippen LogP contribution in [-0.4, -0.2) is 41.8 Å². The van der Waals surface area contributed by atoms with Crippen molar-refractivity contribution in [1.29, 1.82) is 0 Å². The first kappa shape index (κ1) is 24.6. The van der Waals surface area contributed by atoms with Gasteiger partial charge in [-0.05, 0) is 68.8 Å². The van der Waals surface area contributed by atoms with Crippen LogP contribution in [-0.2, 0) is 16.0 Å². The molecule has 0 aliphatic rings. The van der Waals surface area contributed by atoms with Gasteiger partial charge >= 0.3 is 0 Å². The average molecular weight is 469 g/mol. The van der Waals surface area contributed by atoms with Gasteiger partial charge in [-0.3, -0.25) is 20.4 Å². The number of methoxy groups -OCH3 is 1. The second kappa shape index (κ2) is 12.2. The minimum Gasteiger partial charge on any atom is -0.497 e. The molecule has 180 valence electrons. The summed E-state index contributed by atoms with van der Waals surface area (Å²) >= 11 is 0. The van der Waals surface area contributed by atoms with Crippen LogP contribution in [0.4, 0.5) is 0 Å². The van der Waals surface area contributed by atoms with Crippen molar-refractivity contribution in [3.63, 3.8) is 0 Å². The third-order valence-electron chi connectivity index (χ3n) is 4.75. The number of hydrogen-bond acceptors (Lipinski definition) is 8. The molecule has 2 amide bonds. The first-order valence-electron chi connectivity index (χ1n) is 10.9. The van der Waals surface area contributed by atoms with E-state index in [2.05, 4.69) is 21.0 Å². The predicted molar refractivity (Wildman–Crippen MR) is 123 cm³/mol. The monoisotopic (exact) mass is 468 g/mol. The molecule has 0 spiro atoms. The van der Waals surface area contributed by atoms with Gasteiger partial charge in [-0.1, -0.05) is 5.16 Å². The lowest BCUT2D eigenvalue weighted by atomic mass is 10.2. The van der Waals surface area contributed by atoms with Gasteiger partial charge in [-0.25, -0.2) is 0 Å². The molecule has 2 N–H and O–H groups in total. The maximum Gasteiger partial charge on any atom is 0.279 e. The lowest BCUT2D eigenvalue weighted by Gasteiger charge is -2.15. The second-order valence-electron chi connectivity index (χ2n) is 7.30. The molecule has 1 atom stereocenters. The highest BCUT2D eigenvalue weighted by Gasteiger charge is 2.16. The molecular weight excluding hydrogens is 440 g/mol. The Hall–Kier alpha value is -4.08. The molecule has 1 heterocycles. The second-order valence-corrected chi connectivity index (χ2v) is 7.30. The van der Waals surface area contributed by atoms with E-state index in [4.69, 9.17) is 18.7 Å². The largest absolute Gasteiger partial charge is 0.497 e. The van der Waals surface area contributed by atoms with E-state index in [1.807, 2.05) is 31.2 Å². The van der Waals surface area contributed by atoms with Crippen LogP contribution in [0.1, 0.15) is 32.6 Å². The van der Waals surface area contributed by atoms with Crippen LogP contribution in [0.15, 0.2) is 53.1 Å². The number of rotatable bonds is 11. The number of ether oxygens (including phenoxy) is 3. The summed E-state index contributed by atoms with van der Waals surface area (Å²) in [5.41, 5.74) is 5.56. The summed E-state index contributed by atoms with van der Waals surface area (Å²) in [7, 11) is 1.60. The third kappa shape index (κ3) is 7.22. The quantitative estimate of drug-likeness (QED) is 0.411. The van der Waals surface area contributed by atoms with Crippen LogP contribution in [0, 0.1) is 0 Å². The van der Waals surface area contributed by atoms with E-state index in [0.717, 1.165) is 17.1 Å². The maximum absolute atomic E-state index is 12.2. The van der Waals surface area contributed by atoms with Crippen LogP contribution in [0.3, 0.4) is 0 Å². The molecule has 0 saturated heterocycles. The molecule has 1 aromatic heterocycles. The summed E-state index contributed by atoms with van der Waals surface area (Å²) in [5.74, 6) is 2.07. The van der Waals surface area contributed by atoms with Crippen molar-refractivity contribution in [2.24, 2.45) is 0 Å². The van der Waals surface area contributed by atoms with Crippen LogP contribution in [0.2, 0.25) is 0 Å². The molecule has 3 rings (SSSR count). The van der Waals surface area contributed by atoms with Gasteiger partial charge in [0.1, 0.15) is 17.2 Å². The lowest BCUT2D eigenvalue weighted by Crippen LogP contribution is -2.47. The standard InChI is InChI=1S/C24H28N4O6/c1-4-32-19-12-14-20(15-13-19)33-16(2)24(30)27-26-21(29)6-5-7-22-25-23(28-34-22)17-8-10-18(31-3)11-9-17/h8-16H,4-7H2,1-3H3,(H,26,29)(H,27,30). The maximum atomic E-state index is 12.2. The topological polar surface area (TPSA) is 125 Å². The Kier molecular flexibility index (Phi) is 8.84. The Morgan fingerprint density at radius 1 is 1.00 bits per heavy atom. The van der Waals surface area contributed by atoms with Crippen LogP contribution < -0.4 is 25.1 Å². The van der Waals surface area contributed by atoms with Crippen LogP contribution in [0.5, 0.6) is 17.2 Å². The number of aryl methyl sites for hydroxylation is 1. The number of nitrogens with one attached hydrogen (secondary N) is 2. The summed E-state index contributed by atoms with van der Waals surface area (Å²) in [6, 6.07) is 14.2. The summed E-state index contributed by atoms with van der Waals surface area (Å²) in [5, 5.41) is 3.96. The molecule has 1 unspecified atom stereocenters. The van der Waals surface area contributed by atoms with E-state index in [-0.39, 0.29) is 12.3 Å². The lowest BCUT2D eigenvalue weighted by molar-refractivity contribution is -0.132. The van der Waals surface area contributed by atoms with E-state index in [0.29, 0.717) is 36.9 Å². The highest BCUT2D eigenvalue weighted by atomic mass is 16.5. The van der Waals surface area contributed by atoms with E-state index >= 15 is 0 Å². The molecule has 0 fully saturated rings. The molecule has 0 aliphatic heterocycles. The zero-order valence-electron chi connectivity index (χ0n) is 19.4. The number of carbonyl (C=O) groups is 2.